The number of H-pyrrole nitrogens is 1. The van der Waals surface area contributed by atoms with Gasteiger partial charge in [0, 0.05) is 37.1 Å². The highest BCUT2D eigenvalue weighted by Gasteiger charge is 2.23. The number of aromatic nitrogens is 2. The Hall–Kier alpha value is -2.34. The van der Waals surface area contributed by atoms with E-state index in [1.165, 1.54) is 0 Å². The fraction of sp³-hybridized carbons (Fsp3) is 0.412. The fourth-order valence-corrected chi connectivity index (χ4v) is 2.84. The molecule has 0 atom stereocenters. The number of amides is 1. The van der Waals surface area contributed by atoms with Crippen molar-refractivity contribution in [3.63, 3.8) is 0 Å². The minimum Gasteiger partial charge on any atom is -0.396 e. The largest absolute Gasteiger partial charge is 0.396 e. The molecule has 0 saturated carbocycles. The molecule has 1 aromatic heterocycles. The molecule has 1 fully saturated rings. The summed E-state index contributed by atoms with van der Waals surface area (Å²) in [6, 6.07) is 9.49. The number of hydrogen-bond acceptors (Lipinski definition) is 4. The van der Waals surface area contributed by atoms with Gasteiger partial charge in [0.05, 0.1) is 12.2 Å². The summed E-state index contributed by atoms with van der Waals surface area (Å²) in [5.41, 5.74) is 2.60. The number of piperidine rings is 1. The summed E-state index contributed by atoms with van der Waals surface area (Å²) in [6.45, 7) is 2.29. The molecule has 2 heterocycles. The molecule has 1 amide bonds. The SMILES string of the molecule is O=C(c1cccc(NCc2ccn[nH]2)c1)N1CCC(CO)CC1. The molecule has 1 saturated heterocycles. The Morgan fingerprint density at radius 1 is 1.35 bits per heavy atom. The second-order valence-corrected chi connectivity index (χ2v) is 5.93. The van der Waals surface area contributed by atoms with E-state index in [2.05, 4.69) is 15.5 Å². The van der Waals surface area contributed by atoms with Crippen molar-refractivity contribution in [2.75, 3.05) is 25.0 Å². The highest BCUT2D eigenvalue weighted by atomic mass is 16.3. The highest BCUT2D eigenvalue weighted by molar-refractivity contribution is 5.95. The number of nitrogens with one attached hydrogen (secondary N) is 2. The summed E-state index contributed by atoms with van der Waals surface area (Å²) in [5.74, 6) is 0.396. The Morgan fingerprint density at radius 3 is 2.87 bits per heavy atom. The summed E-state index contributed by atoms with van der Waals surface area (Å²) >= 11 is 0. The number of aromatic amines is 1. The first-order valence-electron chi connectivity index (χ1n) is 7.98. The first kappa shape index (κ1) is 15.6. The van der Waals surface area contributed by atoms with Gasteiger partial charge in [-0.1, -0.05) is 6.07 Å². The number of carbonyl (C=O) groups excluding carboxylic acids is 1. The van der Waals surface area contributed by atoms with Crippen LogP contribution in [0.15, 0.2) is 36.5 Å². The normalized spacial score (nSPS) is 15.6. The lowest BCUT2D eigenvalue weighted by Gasteiger charge is -2.31. The number of carbonyl (C=O) groups is 1. The molecule has 122 valence electrons. The van der Waals surface area contributed by atoms with Gasteiger partial charge in [-0.25, -0.2) is 0 Å². The lowest BCUT2D eigenvalue weighted by atomic mass is 9.97. The Labute approximate surface area is 135 Å². The van der Waals surface area contributed by atoms with Crippen LogP contribution in [-0.2, 0) is 6.54 Å². The van der Waals surface area contributed by atoms with Gasteiger partial charge in [0.2, 0.25) is 0 Å². The second kappa shape index (κ2) is 7.28. The number of anilines is 1. The van der Waals surface area contributed by atoms with Crippen molar-refractivity contribution in [2.45, 2.75) is 19.4 Å². The minimum atomic E-state index is 0.0616. The predicted octanol–water partition coefficient (Wildman–Crippen LogP) is 1.87. The molecule has 3 rings (SSSR count). The third kappa shape index (κ3) is 3.90. The molecular formula is C17H22N4O2. The van der Waals surface area contributed by atoms with E-state index in [1.807, 2.05) is 35.2 Å². The van der Waals surface area contributed by atoms with Gasteiger partial charge in [0.15, 0.2) is 0 Å². The summed E-state index contributed by atoms with van der Waals surface area (Å²) in [4.78, 5) is 14.5. The topological polar surface area (TPSA) is 81.2 Å². The average molecular weight is 314 g/mol. The van der Waals surface area contributed by atoms with Crippen molar-refractivity contribution in [3.05, 3.63) is 47.8 Å². The zero-order chi connectivity index (χ0) is 16.1. The molecule has 0 spiro atoms. The predicted molar refractivity (Wildman–Crippen MR) is 88.1 cm³/mol. The van der Waals surface area contributed by atoms with Crippen molar-refractivity contribution < 1.29 is 9.90 Å². The second-order valence-electron chi connectivity index (χ2n) is 5.93. The smallest absolute Gasteiger partial charge is 0.253 e. The molecule has 1 aliphatic rings. The van der Waals surface area contributed by atoms with Crippen molar-refractivity contribution in [1.29, 1.82) is 0 Å². The van der Waals surface area contributed by atoms with Gasteiger partial charge in [0.1, 0.15) is 0 Å². The first-order valence-corrected chi connectivity index (χ1v) is 7.98. The Balaban J connectivity index is 1.61. The van der Waals surface area contributed by atoms with Crippen LogP contribution in [-0.4, -0.2) is 45.8 Å². The number of nitrogens with zero attached hydrogens (tertiary/aromatic N) is 2. The Morgan fingerprint density at radius 2 is 2.17 bits per heavy atom. The van der Waals surface area contributed by atoms with Crippen LogP contribution >= 0.6 is 0 Å². The number of likely N-dealkylation sites (tertiary alicyclic amines) is 1. The van der Waals surface area contributed by atoms with E-state index >= 15 is 0 Å². The molecule has 0 unspecified atom stereocenters. The van der Waals surface area contributed by atoms with Crippen LogP contribution in [0, 0.1) is 5.92 Å². The quantitative estimate of drug-likeness (QED) is 0.787. The van der Waals surface area contributed by atoms with Gasteiger partial charge in [-0.15, -0.1) is 0 Å². The number of rotatable bonds is 5. The van der Waals surface area contributed by atoms with Crippen LogP contribution < -0.4 is 5.32 Å². The van der Waals surface area contributed by atoms with E-state index in [0.717, 1.165) is 37.3 Å². The molecule has 0 radical (unpaired) electrons. The van der Waals surface area contributed by atoms with Crippen molar-refractivity contribution in [1.82, 2.24) is 15.1 Å². The monoisotopic (exact) mass is 314 g/mol. The molecule has 3 N–H and O–H groups in total. The molecule has 0 aliphatic carbocycles. The fourth-order valence-electron chi connectivity index (χ4n) is 2.84. The van der Waals surface area contributed by atoms with Gasteiger partial charge >= 0.3 is 0 Å². The molecule has 1 aromatic carbocycles. The summed E-state index contributed by atoms with van der Waals surface area (Å²) in [6.07, 6.45) is 3.47. The standard InChI is InChI=1S/C17H22N4O2/c22-12-13-5-8-21(9-6-13)17(23)14-2-1-3-15(10-14)18-11-16-4-7-19-20-16/h1-4,7,10,13,18,22H,5-6,8-9,11-12H2,(H,19,20). The van der Waals surface area contributed by atoms with E-state index in [-0.39, 0.29) is 12.5 Å². The average Bonchev–Trinajstić information content (AvgIpc) is 3.13. The molecular weight excluding hydrogens is 292 g/mol. The number of hydrogen-bond donors (Lipinski definition) is 3. The van der Waals surface area contributed by atoms with E-state index in [4.69, 9.17) is 0 Å². The van der Waals surface area contributed by atoms with E-state index in [1.54, 1.807) is 6.20 Å². The lowest BCUT2D eigenvalue weighted by molar-refractivity contribution is 0.0651. The third-order valence-electron chi connectivity index (χ3n) is 4.31. The summed E-state index contributed by atoms with van der Waals surface area (Å²) < 4.78 is 0. The van der Waals surface area contributed by atoms with Crippen LogP contribution in [0.3, 0.4) is 0 Å². The van der Waals surface area contributed by atoms with Crippen LogP contribution in [0.4, 0.5) is 5.69 Å². The first-order chi connectivity index (χ1) is 11.3. The van der Waals surface area contributed by atoms with Crippen molar-refractivity contribution in [2.24, 2.45) is 5.92 Å². The molecule has 6 nitrogen and oxygen atoms in total. The molecule has 6 heteroatoms. The van der Waals surface area contributed by atoms with Gasteiger partial charge in [0.25, 0.3) is 5.91 Å². The zero-order valence-corrected chi connectivity index (χ0v) is 13.0. The molecule has 23 heavy (non-hydrogen) atoms. The van der Waals surface area contributed by atoms with Gasteiger partial charge in [-0.2, -0.15) is 5.10 Å². The van der Waals surface area contributed by atoms with E-state index in [0.29, 0.717) is 18.0 Å². The maximum Gasteiger partial charge on any atom is 0.253 e. The van der Waals surface area contributed by atoms with Gasteiger partial charge < -0.3 is 15.3 Å². The summed E-state index contributed by atoms with van der Waals surface area (Å²) in [5, 5.41) is 19.3. The summed E-state index contributed by atoms with van der Waals surface area (Å²) in [7, 11) is 0. The van der Waals surface area contributed by atoms with Gasteiger partial charge in [-0.05, 0) is 43.0 Å². The molecule has 0 bridgehead atoms. The Kier molecular flexibility index (Phi) is 4.92. The maximum atomic E-state index is 12.6. The number of aliphatic hydroxyl groups excluding tert-OH is 1. The van der Waals surface area contributed by atoms with E-state index in [9.17, 15) is 9.90 Å². The third-order valence-corrected chi connectivity index (χ3v) is 4.31. The van der Waals surface area contributed by atoms with E-state index < -0.39 is 0 Å². The number of aliphatic hydroxyl groups is 1. The zero-order valence-electron chi connectivity index (χ0n) is 13.0. The van der Waals surface area contributed by atoms with Crippen LogP contribution in [0.2, 0.25) is 0 Å². The maximum absolute atomic E-state index is 12.6. The van der Waals surface area contributed by atoms with Crippen molar-refractivity contribution >= 4 is 11.6 Å². The lowest BCUT2D eigenvalue weighted by Crippen LogP contribution is -2.39. The highest BCUT2D eigenvalue weighted by Crippen LogP contribution is 2.20. The van der Waals surface area contributed by atoms with Gasteiger partial charge in [-0.3, -0.25) is 9.89 Å². The van der Waals surface area contributed by atoms with Crippen LogP contribution in [0.5, 0.6) is 0 Å². The van der Waals surface area contributed by atoms with Crippen LogP contribution in [0.1, 0.15) is 28.9 Å². The van der Waals surface area contributed by atoms with Crippen molar-refractivity contribution in [3.8, 4) is 0 Å². The van der Waals surface area contributed by atoms with Crippen LogP contribution in [0.25, 0.3) is 0 Å². The molecule has 1 aliphatic heterocycles. The Bertz CT molecular complexity index is 634. The number of benzene rings is 1. The molecule has 2 aromatic rings. The minimum absolute atomic E-state index is 0.0616.